The largest absolute Gasteiger partial charge is 0.508 e. The van der Waals surface area contributed by atoms with Gasteiger partial charge in [-0.25, -0.2) is 4.79 Å². The number of phenolic OH excluding ortho intramolecular Hbond substituents is 1. The Kier molecular flexibility index (Phi) is 11.6. The minimum absolute atomic E-state index is 0.0306. The molecular formula is C21H31N5O9. The summed E-state index contributed by atoms with van der Waals surface area (Å²) in [4.78, 5) is 59.7. The lowest BCUT2D eigenvalue weighted by Gasteiger charge is -2.25. The average Bonchev–Trinajstić information content (AvgIpc) is 2.78. The van der Waals surface area contributed by atoms with Crippen LogP contribution in [0.4, 0.5) is 0 Å². The third-order valence-electron chi connectivity index (χ3n) is 4.90. The SMILES string of the molecule is CC(O)C(NC(=O)C(CO)NC(=O)C(N)Cc1ccc(O)cc1)C(=O)NC(CCC(N)=O)C(=O)O. The van der Waals surface area contributed by atoms with Crippen LogP contribution in [0.1, 0.15) is 25.3 Å². The van der Waals surface area contributed by atoms with Crippen molar-refractivity contribution in [3.8, 4) is 5.75 Å². The molecule has 0 radical (unpaired) electrons. The number of aliphatic carboxylic acids is 1. The highest BCUT2D eigenvalue weighted by atomic mass is 16.4. The molecule has 0 bridgehead atoms. The van der Waals surface area contributed by atoms with Crippen LogP contribution in [0.5, 0.6) is 5.75 Å². The van der Waals surface area contributed by atoms with Crippen LogP contribution >= 0.6 is 0 Å². The van der Waals surface area contributed by atoms with Gasteiger partial charge in [0.25, 0.3) is 0 Å². The van der Waals surface area contributed by atoms with Gasteiger partial charge in [0.2, 0.25) is 23.6 Å². The van der Waals surface area contributed by atoms with E-state index in [0.717, 1.165) is 6.92 Å². The van der Waals surface area contributed by atoms with Crippen LogP contribution in [0.15, 0.2) is 24.3 Å². The van der Waals surface area contributed by atoms with Gasteiger partial charge >= 0.3 is 5.97 Å². The molecule has 14 nitrogen and oxygen atoms in total. The van der Waals surface area contributed by atoms with E-state index in [0.29, 0.717) is 5.56 Å². The number of carbonyl (C=O) groups excluding carboxylic acids is 4. The maximum atomic E-state index is 12.6. The van der Waals surface area contributed by atoms with Gasteiger partial charge in [-0.2, -0.15) is 0 Å². The molecule has 0 spiro atoms. The van der Waals surface area contributed by atoms with E-state index in [2.05, 4.69) is 16.0 Å². The highest BCUT2D eigenvalue weighted by Gasteiger charge is 2.32. The summed E-state index contributed by atoms with van der Waals surface area (Å²) >= 11 is 0. The number of aliphatic hydroxyl groups excluding tert-OH is 2. The molecule has 11 N–H and O–H groups in total. The summed E-state index contributed by atoms with van der Waals surface area (Å²) in [6, 6.07) is 0.124. The third-order valence-corrected chi connectivity index (χ3v) is 4.90. The van der Waals surface area contributed by atoms with Gasteiger partial charge in [-0.05, 0) is 37.5 Å². The van der Waals surface area contributed by atoms with Crippen molar-refractivity contribution in [2.24, 2.45) is 11.5 Å². The van der Waals surface area contributed by atoms with Crippen molar-refractivity contribution in [3.63, 3.8) is 0 Å². The molecule has 4 amide bonds. The quantitative estimate of drug-likeness (QED) is 0.122. The number of aromatic hydroxyl groups is 1. The number of nitrogens with two attached hydrogens (primary N) is 2. The van der Waals surface area contributed by atoms with Gasteiger partial charge in [-0.3, -0.25) is 19.2 Å². The van der Waals surface area contributed by atoms with Crippen molar-refractivity contribution in [1.29, 1.82) is 0 Å². The monoisotopic (exact) mass is 497 g/mol. The van der Waals surface area contributed by atoms with Gasteiger partial charge in [-0.1, -0.05) is 12.1 Å². The summed E-state index contributed by atoms with van der Waals surface area (Å²) in [7, 11) is 0. The molecule has 1 rings (SSSR count). The van der Waals surface area contributed by atoms with E-state index in [-0.39, 0.29) is 25.0 Å². The number of hydrogen-bond donors (Lipinski definition) is 9. The number of aliphatic hydroxyl groups is 2. The Bertz CT molecular complexity index is 907. The predicted molar refractivity (Wildman–Crippen MR) is 120 cm³/mol. The Labute approximate surface area is 200 Å². The minimum atomic E-state index is -1.64. The van der Waals surface area contributed by atoms with E-state index >= 15 is 0 Å². The Morgan fingerprint density at radius 3 is 2.00 bits per heavy atom. The lowest BCUT2D eigenvalue weighted by atomic mass is 10.1. The zero-order valence-electron chi connectivity index (χ0n) is 19.0. The molecule has 0 fully saturated rings. The van der Waals surface area contributed by atoms with E-state index in [1.165, 1.54) is 12.1 Å². The number of carboxylic acid groups (broad SMARTS) is 1. The number of nitrogens with one attached hydrogen (secondary N) is 3. The number of phenols is 1. The van der Waals surface area contributed by atoms with Gasteiger partial charge in [0.05, 0.1) is 18.8 Å². The number of primary amides is 1. The number of benzene rings is 1. The molecule has 0 saturated heterocycles. The first kappa shape index (κ1) is 29.3. The molecule has 0 aliphatic rings. The van der Waals surface area contributed by atoms with Crippen molar-refractivity contribution >= 4 is 29.6 Å². The summed E-state index contributed by atoms with van der Waals surface area (Å²) in [6.45, 7) is 0.290. The van der Waals surface area contributed by atoms with Crippen molar-refractivity contribution in [2.45, 2.75) is 56.5 Å². The number of amides is 4. The molecule has 1 aromatic rings. The molecule has 0 heterocycles. The molecule has 0 aliphatic heterocycles. The van der Waals surface area contributed by atoms with Crippen LogP contribution in [0.2, 0.25) is 0 Å². The lowest BCUT2D eigenvalue weighted by Crippen LogP contribution is -2.60. The molecule has 5 unspecified atom stereocenters. The summed E-state index contributed by atoms with van der Waals surface area (Å²) in [5.74, 6) is -5.11. The molecule has 1 aromatic carbocycles. The Hall–Kier alpha value is -3.75. The zero-order chi connectivity index (χ0) is 26.7. The van der Waals surface area contributed by atoms with E-state index in [4.69, 9.17) is 11.5 Å². The second-order valence-corrected chi connectivity index (χ2v) is 7.85. The van der Waals surface area contributed by atoms with Crippen LogP contribution in [-0.4, -0.2) is 86.9 Å². The molecule has 5 atom stereocenters. The van der Waals surface area contributed by atoms with E-state index in [1.54, 1.807) is 12.1 Å². The molecule has 35 heavy (non-hydrogen) atoms. The minimum Gasteiger partial charge on any atom is -0.508 e. The molecule has 0 saturated carbocycles. The van der Waals surface area contributed by atoms with Gasteiger partial charge in [-0.15, -0.1) is 0 Å². The van der Waals surface area contributed by atoms with E-state index < -0.39 is 66.5 Å². The normalized spacial score (nSPS) is 15.1. The van der Waals surface area contributed by atoms with E-state index in [9.17, 15) is 44.4 Å². The molecular weight excluding hydrogens is 466 g/mol. The highest BCUT2D eigenvalue weighted by Crippen LogP contribution is 2.11. The summed E-state index contributed by atoms with van der Waals surface area (Å²) in [6.07, 6.45) is -2.07. The smallest absolute Gasteiger partial charge is 0.326 e. The van der Waals surface area contributed by atoms with Gasteiger partial charge in [0.15, 0.2) is 0 Å². The zero-order valence-corrected chi connectivity index (χ0v) is 19.0. The van der Waals surface area contributed by atoms with Crippen molar-refractivity contribution < 1.29 is 44.4 Å². The fourth-order valence-corrected chi connectivity index (χ4v) is 2.92. The molecule has 14 heteroatoms. The third kappa shape index (κ3) is 9.95. The van der Waals surface area contributed by atoms with Crippen molar-refractivity contribution in [2.75, 3.05) is 6.61 Å². The summed E-state index contributed by atoms with van der Waals surface area (Å²) in [5, 5.41) is 44.5. The van der Waals surface area contributed by atoms with Crippen LogP contribution < -0.4 is 27.4 Å². The second-order valence-electron chi connectivity index (χ2n) is 7.85. The first-order valence-electron chi connectivity index (χ1n) is 10.6. The lowest BCUT2D eigenvalue weighted by molar-refractivity contribution is -0.143. The first-order valence-corrected chi connectivity index (χ1v) is 10.6. The van der Waals surface area contributed by atoms with Crippen LogP contribution in [0, 0.1) is 0 Å². The van der Waals surface area contributed by atoms with Gasteiger partial charge in [0, 0.05) is 6.42 Å². The Morgan fingerprint density at radius 2 is 1.51 bits per heavy atom. The summed E-state index contributed by atoms with van der Waals surface area (Å²) in [5.41, 5.74) is 11.5. The van der Waals surface area contributed by atoms with Gasteiger partial charge < -0.3 is 47.8 Å². The second kappa shape index (κ2) is 13.8. The van der Waals surface area contributed by atoms with Crippen molar-refractivity contribution in [1.82, 2.24) is 16.0 Å². The Balaban J connectivity index is 2.79. The predicted octanol–water partition coefficient (Wildman–Crippen LogP) is -3.56. The van der Waals surface area contributed by atoms with Gasteiger partial charge in [0.1, 0.15) is 23.9 Å². The fraction of sp³-hybridized carbons (Fsp3) is 0.476. The van der Waals surface area contributed by atoms with Crippen LogP contribution in [-0.2, 0) is 30.4 Å². The molecule has 194 valence electrons. The maximum absolute atomic E-state index is 12.6. The van der Waals surface area contributed by atoms with Crippen molar-refractivity contribution in [3.05, 3.63) is 29.8 Å². The fourth-order valence-electron chi connectivity index (χ4n) is 2.92. The standard InChI is InChI=1S/C21H31N5O9/c1-10(28)17(20(33)24-14(21(34)35)6-7-16(23)30)26-19(32)15(9-27)25-18(31)13(22)8-11-2-4-12(29)5-3-11/h2-5,10,13-15,17,27-29H,6-9,22H2,1H3,(H2,23,30)(H,24,33)(H,25,31)(H,26,32)(H,34,35). The topological polar surface area (TPSA) is 254 Å². The van der Waals surface area contributed by atoms with E-state index in [1.807, 2.05) is 0 Å². The molecule has 0 aromatic heterocycles. The highest BCUT2D eigenvalue weighted by molar-refractivity contribution is 5.94. The number of hydrogen-bond acceptors (Lipinski definition) is 9. The Morgan fingerprint density at radius 1 is 0.943 bits per heavy atom. The summed E-state index contributed by atoms with van der Waals surface area (Å²) < 4.78 is 0. The molecule has 0 aliphatic carbocycles. The van der Waals surface area contributed by atoms with Crippen LogP contribution in [0.25, 0.3) is 0 Å². The average molecular weight is 498 g/mol. The maximum Gasteiger partial charge on any atom is 0.326 e. The number of carbonyl (C=O) groups is 5. The first-order chi connectivity index (χ1) is 16.3. The number of carboxylic acids is 1. The van der Waals surface area contributed by atoms with Crippen LogP contribution in [0.3, 0.4) is 0 Å². The number of rotatable bonds is 14.